The summed E-state index contributed by atoms with van der Waals surface area (Å²) in [6.45, 7) is 1.34. The van der Waals surface area contributed by atoms with Gasteiger partial charge in [-0.2, -0.15) is 11.8 Å². The van der Waals surface area contributed by atoms with Crippen molar-refractivity contribution in [3.8, 4) is 0 Å². The third kappa shape index (κ3) is 4.72. The lowest BCUT2D eigenvalue weighted by atomic mass is 10.4. The molecule has 16 heavy (non-hydrogen) atoms. The number of hydrogen-bond acceptors (Lipinski definition) is 4. The molecule has 0 atom stereocenters. The Labute approximate surface area is 100 Å². The fraction of sp³-hybridized carbons (Fsp3) is 0.545. The van der Waals surface area contributed by atoms with Crippen LogP contribution >= 0.6 is 11.8 Å². The lowest BCUT2D eigenvalue weighted by Crippen LogP contribution is -2.24. The van der Waals surface area contributed by atoms with E-state index < -0.39 is 0 Å². The number of amides is 1. The number of carbonyl (C=O) groups excluding carboxylic acids is 1. The van der Waals surface area contributed by atoms with Crippen molar-refractivity contribution in [2.24, 2.45) is 0 Å². The third-order valence-corrected chi connectivity index (χ3v) is 2.68. The number of nitrogens with one attached hydrogen (secondary N) is 2. The summed E-state index contributed by atoms with van der Waals surface area (Å²) in [5.41, 5.74) is 0. The topological polar surface area (TPSA) is 54.3 Å². The highest BCUT2D eigenvalue weighted by Gasteiger charge is 2.01. The molecule has 0 aliphatic rings. The van der Waals surface area contributed by atoms with Crippen molar-refractivity contribution >= 4 is 17.7 Å². The van der Waals surface area contributed by atoms with Gasteiger partial charge in [0.2, 0.25) is 5.91 Å². The Morgan fingerprint density at radius 2 is 2.19 bits per heavy atom. The molecule has 2 N–H and O–H groups in total. The zero-order valence-corrected chi connectivity index (χ0v) is 10.5. The first-order valence-corrected chi connectivity index (χ1v) is 6.63. The van der Waals surface area contributed by atoms with Crippen molar-refractivity contribution in [2.45, 2.75) is 18.7 Å². The second-order valence-corrected chi connectivity index (χ2v) is 4.27. The van der Waals surface area contributed by atoms with Crippen LogP contribution in [-0.4, -0.2) is 25.8 Å². The van der Waals surface area contributed by atoms with Gasteiger partial charge in [-0.3, -0.25) is 4.79 Å². The monoisotopic (exact) mass is 242 g/mol. The molecule has 0 saturated carbocycles. The van der Waals surface area contributed by atoms with E-state index in [1.165, 1.54) is 0 Å². The van der Waals surface area contributed by atoms with E-state index in [9.17, 15) is 4.79 Å². The average molecular weight is 242 g/mol. The predicted molar refractivity (Wildman–Crippen MR) is 66.3 cm³/mol. The second-order valence-electron chi connectivity index (χ2n) is 3.40. The molecule has 5 heteroatoms. The molecule has 0 saturated heterocycles. The van der Waals surface area contributed by atoms with Crippen LogP contribution in [-0.2, 0) is 17.1 Å². The summed E-state index contributed by atoms with van der Waals surface area (Å²) in [6, 6.07) is 3.96. The van der Waals surface area contributed by atoms with Crippen molar-refractivity contribution in [1.82, 2.24) is 10.6 Å². The van der Waals surface area contributed by atoms with Gasteiger partial charge in [-0.25, -0.2) is 0 Å². The van der Waals surface area contributed by atoms with E-state index in [1.54, 1.807) is 18.8 Å². The molecule has 1 amide bonds. The molecule has 0 aliphatic carbocycles. The van der Waals surface area contributed by atoms with Crippen molar-refractivity contribution in [3.63, 3.8) is 0 Å². The molecule has 1 aromatic heterocycles. The Balaban J connectivity index is 2.19. The van der Waals surface area contributed by atoms with Crippen LogP contribution in [0.4, 0.5) is 0 Å². The Bertz CT molecular complexity index is 326. The van der Waals surface area contributed by atoms with Gasteiger partial charge in [0.15, 0.2) is 0 Å². The molecule has 1 rings (SSSR count). The molecule has 90 valence electrons. The van der Waals surface area contributed by atoms with E-state index >= 15 is 0 Å². The Hall–Kier alpha value is -0.940. The number of furan rings is 1. The van der Waals surface area contributed by atoms with Crippen LogP contribution in [0.1, 0.15) is 17.9 Å². The van der Waals surface area contributed by atoms with Gasteiger partial charge >= 0.3 is 0 Å². The van der Waals surface area contributed by atoms with E-state index in [4.69, 9.17) is 4.42 Å². The van der Waals surface area contributed by atoms with E-state index in [0.717, 1.165) is 17.3 Å². The van der Waals surface area contributed by atoms with Crippen LogP contribution in [0, 0.1) is 0 Å². The maximum Gasteiger partial charge on any atom is 0.221 e. The van der Waals surface area contributed by atoms with E-state index in [1.807, 2.05) is 18.4 Å². The largest absolute Gasteiger partial charge is 0.464 e. The molecule has 1 heterocycles. The van der Waals surface area contributed by atoms with Crippen molar-refractivity contribution in [1.29, 1.82) is 0 Å². The summed E-state index contributed by atoms with van der Waals surface area (Å²) < 4.78 is 5.57. The van der Waals surface area contributed by atoms with E-state index in [0.29, 0.717) is 19.5 Å². The highest BCUT2D eigenvalue weighted by Crippen LogP contribution is 2.12. The summed E-state index contributed by atoms with van der Waals surface area (Å²) in [5, 5.41) is 5.74. The third-order valence-electron chi connectivity index (χ3n) is 2.11. The lowest BCUT2D eigenvalue weighted by Gasteiger charge is -2.01. The molecule has 0 fully saturated rings. The molecular weight excluding hydrogens is 224 g/mol. The number of carbonyl (C=O) groups is 1. The van der Waals surface area contributed by atoms with Gasteiger partial charge in [0.25, 0.3) is 0 Å². The summed E-state index contributed by atoms with van der Waals surface area (Å²) in [5.74, 6) is 2.87. The van der Waals surface area contributed by atoms with E-state index in [2.05, 4.69) is 10.6 Å². The quantitative estimate of drug-likeness (QED) is 0.709. The number of rotatable bonds is 7. The maximum absolute atomic E-state index is 10.9. The fourth-order valence-electron chi connectivity index (χ4n) is 1.28. The summed E-state index contributed by atoms with van der Waals surface area (Å²) in [4.78, 5) is 10.9. The first-order valence-electron chi connectivity index (χ1n) is 5.24. The van der Waals surface area contributed by atoms with Crippen LogP contribution in [0.15, 0.2) is 16.5 Å². The standard InChI is InChI=1S/C11H18N2O2S/c1-12-11(14)5-6-13-7-9-3-4-10(15-9)8-16-2/h3-4,13H,5-8H2,1-2H3,(H,12,14). The van der Waals surface area contributed by atoms with Crippen LogP contribution in [0.5, 0.6) is 0 Å². The first kappa shape index (κ1) is 13.1. The second kappa shape index (κ2) is 7.35. The SMILES string of the molecule is CNC(=O)CCNCc1ccc(CSC)o1. The van der Waals surface area contributed by atoms with Gasteiger partial charge in [-0.1, -0.05) is 0 Å². The Morgan fingerprint density at radius 1 is 1.44 bits per heavy atom. The molecule has 0 bridgehead atoms. The van der Waals surface area contributed by atoms with Gasteiger partial charge in [-0.05, 0) is 18.4 Å². The zero-order valence-electron chi connectivity index (χ0n) is 9.71. The highest BCUT2D eigenvalue weighted by atomic mass is 32.2. The summed E-state index contributed by atoms with van der Waals surface area (Å²) >= 11 is 1.74. The Kier molecular flexibility index (Phi) is 6.03. The predicted octanol–water partition coefficient (Wildman–Crippen LogP) is 1.37. The maximum atomic E-state index is 10.9. The van der Waals surface area contributed by atoms with Crippen LogP contribution < -0.4 is 10.6 Å². The minimum atomic E-state index is 0.0509. The smallest absolute Gasteiger partial charge is 0.221 e. The lowest BCUT2D eigenvalue weighted by molar-refractivity contribution is -0.120. The van der Waals surface area contributed by atoms with Gasteiger partial charge in [0.1, 0.15) is 11.5 Å². The molecule has 0 unspecified atom stereocenters. The van der Waals surface area contributed by atoms with Crippen LogP contribution in [0.3, 0.4) is 0 Å². The molecule has 0 aromatic carbocycles. The number of hydrogen-bond donors (Lipinski definition) is 2. The van der Waals surface area contributed by atoms with Crippen LogP contribution in [0.25, 0.3) is 0 Å². The van der Waals surface area contributed by atoms with Crippen molar-refractivity contribution in [3.05, 3.63) is 23.7 Å². The van der Waals surface area contributed by atoms with Crippen molar-refractivity contribution in [2.75, 3.05) is 19.8 Å². The minimum Gasteiger partial charge on any atom is -0.464 e. The first-order chi connectivity index (χ1) is 7.76. The normalized spacial score (nSPS) is 10.4. The summed E-state index contributed by atoms with van der Waals surface area (Å²) in [7, 11) is 1.64. The van der Waals surface area contributed by atoms with Gasteiger partial charge in [-0.15, -0.1) is 0 Å². The van der Waals surface area contributed by atoms with Gasteiger partial charge in [0, 0.05) is 20.0 Å². The van der Waals surface area contributed by atoms with Gasteiger partial charge < -0.3 is 15.1 Å². The summed E-state index contributed by atoms with van der Waals surface area (Å²) in [6.07, 6.45) is 2.54. The van der Waals surface area contributed by atoms with E-state index in [-0.39, 0.29) is 5.91 Å². The molecule has 0 spiro atoms. The highest BCUT2D eigenvalue weighted by molar-refractivity contribution is 7.97. The van der Waals surface area contributed by atoms with Gasteiger partial charge in [0.05, 0.1) is 12.3 Å². The number of thioether (sulfide) groups is 1. The van der Waals surface area contributed by atoms with Crippen molar-refractivity contribution < 1.29 is 9.21 Å². The van der Waals surface area contributed by atoms with Crippen LogP contribution in [0.2, 0.25) is 0 Å². The molecule has 0 radical (unpaired) electrons. The fourth-order valence-corrected chi connectivity index (χ4v) is 1.72. The minimum absolute atomic E-state index is 0.0509. The molecule has 1 aromatic rings. The molecule has 0 aliphatic heterocycles. The molecular formula is C11H18N2O2S. The Morgan fingerprint density at radius 3 is 2.88 bits per heavy atom. The zero-order chi connectivity index (χ0) is 11.8. The molecule has 4 nitrogen and oxygen atoms in total. The average Bonchev–Trinajstić information content (AvgIpc) is 2.72.